The molecule has 0 spiro atoms. The minimum absolute atomic E-state index is 0.754. The summed E-state index contributed by atoms with van der Waals surface area (Å²) >= 11 is 2.35. The number of nitrogens with one attached hydrogen (secondary N) is 1. The lowest BCUT2D eigenvalue weighted by atomic mass is 9.99. The highest BCUT2D eigenvalue weighted by Crippen LogP contribution is 2.35. The van der Waals surface area contributed by atoms with Gasteiger partial charge in [0.1, 0.15) is 0 Å². The van der Waals surface area contributed by atoms with E-state index in [1.165, 1.54) is 42.1 Å². The number of aryl methyl sites for hydroxylation is 1. The molecule has 4 rings (SSSR count). The van der Waals surface area contributed by atoms with Crippen LogP contribution in [0.25, 0.3) is 32.9 Å². The molecule has 2 nitrogen and oxygen atoms in total. The third kappa shape index (κ3) is 3.18. The molecule has 0 saturated heterocycles. The molecule has 3 N–H and O–H groups in total. The van der Waals surface area contributed by atoms with Crippen LogP contribution in [0.15, 0.2) is 60.7 Å². The SMILES string of the molecule is NCCCCc1c(-c2ccc(I)cc2)[nH]c2c1ccc1ccccc12. The maximum absolute atomic E-state index is 5.71. The third-order valence-electron chi connectivity index (χ3n) is 4.82. The van der Waals surface area contributed by atoms with E-state index in [0.29, 0.717) is 0 Å². The van der Waals surface area contributed by atoms with Gasteiger partial charge in [0, 0.05) is 20.0 Å². The van der Waals surface area contributed by atoms with Gasteiger partial charge in [-0.3, -0.25) is 0 Å². The monoisotopic (exact) mass is 440 g/mol. The molecule has 0 saturated carbocycles. The van der Waals surface area contributed by atoms with Crippen LogP contribution in [0, 0.1) is 3.57 Å². The summed E-state index contributed by atoms with van der Waals surface area (Å²) in [5.74, 6) is 0. The highest BCUT2D eigenvalue weighted by Gasteiger charge is 2.14. The van der Waals surface area contributed by atoms with Crippen molar-refractivity contribution in [2.75, 3.05) is 6.54 Å². The zero-order valence-electron chi connectivity index (χ0n) is 14.1. The van der Waals surface area contributed by atoms with Crippen molar-refractivity contribution in [3.8, 4) is 11.3 Å². The summed E-state index contributed by atoms with van der Waals surface area (Å²) in [4.78, 5) is 3.74. The van der Waals surface area contributed by atoms with Crippen molar-refractivity contribution >= 4 is 44.3 Å². The predicted molar refractivity (Wildman–Crippen MR) is 116 cm³/mol. The molecule has 0 aliphatic carbocycles. The molecule has 1 aromatic heterocycles. The minimum atomic E-state index is 0.754. The van der Waals surface area contributed by atoms with Crippen LogP contribution in [0.1, 0.15) is 18.4 Å². The van der Waals surface area contributed by atoms with Gasteiger partial charge in [-0.2, -0.15) is 0 Å². The van der Waals surface area contributed by atoms with E-state index in [0.717, 1.165) is 25.8 Å². The van der Waals surface area contributed by atoms with Gasteiger partial charge >= 0.3 is 0 Å². The number of aromatic nitrogens is 1. The van der Waals surface area contributed by atoms with Crippen LogP contribution in [0.2, 0.25) is 0 Å². The second kappa shape index (κ2) is 7.18. The van der Waals surface area contributed by atoms with E-state index < -0.39 is 0 Å². The topological polar surface area (TPSA) is 41.8 Å². The fourth-order valence-corrected chi connectivity index (χ4v) is 3.92. The van der Waals surface area contributed by atoms with Crippen LogP contribution < -0.4 is 5.73 Å². The Morgan fingerprint density at radius 1 is 0.840 bits per heavy atom. The first-order valence-electron chi connectivity index (χ1n) is 8.76. The van der Waals surface area contributed by atoms with Gasteiger partial charge < -0.3 is 10.7 Å². The summed E-state index contributed by atoms with van der Waals surface area (Å²) in [5.41, 5.74) is 10.9. The maximum Gasteiger partial charge on any atom is 0.0541 e. The summed E-state index contributed by atoms with van der Waals surface area (Å²) in [6.07, 6.45) is 3.23. The average Bonchev–Trinajstić information content (AvgIpc) is 3.02. The van der Waals surface area contributed by atoms with E-state index >= 15 is 0 Å². The Hall–Kier alpha value is -1.85. The third-order valence-corrected chi connectivity index (χ3v) is 5.54. The van der Waals surface area contributed by atoms with E-state index in [1.807, 2.05) is 0 Å². The predicted octanol–water partition coefficient (Wildman–Crippen LogP) is 5.87. The van der Waals surface area contributed by atoms with Gasteiger partial charge in [-0.25, -0.2) is 0 Å². The van der Waals surface area contributed by atoms with E-state index in [1.54, 1.807) is 0 Å². The van der Waals surface area contributed by atoms with Gasteiger partial charge in [-0.05, 0) is 77.0 Å². The lowest BCUT2D eigenvalue weighted by Crippen LogP contribution is -1.99. The summed E-state index contributed by atoms with van der Waals surface area (Å²) < 4.78 is 1.26. The number of unbranched alkanes of at least 4 members (excludes halogenated alkanes) is 1. The number of halogens is 1. The van der Waals surface area contributed by atoms with Crippen molar-refractivity contribution < 1.29 is 0 Å². The zero-order chi connectivity index (χ0) is 17.2. The highest BCUT2D eigenvalue weighted by molar-refractivity contribution is 14.1. The summed E-state index contributed by atoms with van der Waals surface area (Å²) in [6, 6.07) is 21.8. The molecule has 25 heavy (non-hydrogen) atoms. The van der Waals surface area contributed by atoms with Crippen LogP contribution in [0.5, 0.6) is 0 Å². The standard InChI is InChI=1S/C22H21IN2/c23-17-11-8-16(9-12-17)21-19(7-3-4-14-24)20-13-10-15-5-1-2-6-18(15)22(20)25-21/h1-2,5-6,8-13,25H,3-4,7,14,24H2. The summed E-state index contributed by atoms with van der Waals surface area (Å²) in [6.45, 7) is 0.754. The Morgan fingerprint density at radius 2 is 1.64 bits per heavy atom. The first kappa shape index (κ1) is 16.6. The molecule has 4 aromatic rings. The van der Waals surface area contributed by atoms with Crippen molar-refractivity contribution in [1.82, 2.24) is 4.98 Å². The fourth-order valence-electron chi connectivity index (χ4n) is 3.56. The molecule has 0 amide bonds. The second-order valence-electron chi connectivity index (χ2n) is 6.44. The summed E-state index contributed by atoms with van der Waals surface area (Å²) in [7, 11) is 0. The highest BCUT2D eigenvalue weighted by atomic mass is 127. The number of fused-ring (bicyclic) bond motifs is 3. The number of benzene rings is 3. The van der Waals surface area contributed by atoms with Gasteiger partial charge in [0.05, 0.1) is 5.52 Å². The molecular weight excluding hydrogens is 419 g/mol. The molecule has 0 aliphatic heterocycles. The first-order chi connectivity index (χ1) is 12.3. The van der Waals surface area contributed by atoms with Crippen molar-refractivity contribution in [3.05, 3.63) is 69.8 Å². The molecule has 126 valence electrons. The molecule has 0 radical (unpaired) electrons. The molecule has 0 bridgehead atoms. The van der Waals surface area contributed by atoms with Crippen molar-refractivity contribution in [3.63, 3.8) is 0 Å². The number of hydrogen-bond donors (Lipinski definition) is 2. The van der Waals surface area contributed by atoms with Crippen LogP contribution in [0.3, 0.4) is 0 Å². The van der Waals surface area contributed by atoms with E-state index in [-0.39, 0.29) is 0 Å². The number of hydrogen-bond acceptors (Lipinski definition) is 1. The number of nitrogens with two attached hydrogens (primary N) is 1. The van der Waals surface area contributed by atoms with Crippen molar-refractivity contribution in [2.24, 2.45) is 5.73 Å². The van der Waals surface area contributed by atoms with Crippen LogP contribution in [-0.2, 0) is 6.42 Å². The van der Waals surface area contributed by atoms with Crippen LogP contribution in [-0.4, -0.2) is 11.5 Å². The Labute approximate surface area is 161 Å². The van der Waals surface area contributed by atoms with Crippen molar-refractivity contribution in [1.29, 1.82) is 0 Å². The smallest absolute Gasteiger partial charge is 0.0541 e. The quantitative estimate of drug-likeness (QED) is 0.296. The van der Waals surface area contributed by atoms with Gasteiger partial charge in [0.2, 0.25) is 0 Å². The number of aromatic amines is 1. The first-order valence-corrected chi connectivity index (χ1v) is 9.84. The zero-order valence-corrected chi connectivity index (χ0v) is 16.2. The normalized spacial score (nSPS) is 11.4. The van der Waals surface area contributed by atoms with E-state index in [2.05, 4.69) is 88.2 Å². The fraction of sp³-hybridized carbons (Fsp3) is 0.182. The molecule has 1 heterocycles. The molecule has 0 aliphatic rings. The maximum atomic E-state index is 5.71. The van der Waals surface area contributed by atoms with Gasteiger partial charge in [-0.1, -0.05) is 48.5 Å². The largest absolute Gasteiger partial charge is 0.354 e. The molecule has 0 fully saturated rings. The molecule has 3 heteroatoms. The Kier molecular flexibility index (Phi) is 4.77. The van der Waals surface area contributed by atoms with Gasteiger partial charge in [0.15, 0.2) is 0 Å². The Balaban J connectivity index is 1.94. The molecule has 0 unspecified atom stereocenters. The van der Waals surface area contributed by atoms with Crippen molar-refractivity contribution in [2.45, 2.75) is 19.3 Å². The number of H-pyrrole nitrogens is 1. The lowest BCUT2D eigenvalue weighted by molar-refractivity contribution is 0.748. The van der Waals surface area contributed by atoms with Gasteiger partial charge in [-0.15, -0.1) is 0 Å². The molecule has 0 atom stereocenters. The Bertz CT molecular complexity index is 1020. The molecule has 3 aromatic carbocycles. The summed E-state index contributed by atoms with van der Waals surface area (Å²) in [5, 5.41) is 3.90. The minimum Gasteiger partial charge on any atom is -0.354 e. The van der Waals surface area contributed by atoms with E-state index in [4.69, 9.17) is 5.73 Å². The second-order valence-corrected chi connectivity index (χ2v) is 7.69. The number of rotatable bonds is 5. The van der Waals surface area contributed by atoms with Crippen LogP contribution in [0.4, 0.5) is 0 Å². The average molecular weight is 440 g/mol. The van der Waals surface area contributed by atoms with E-state index in [9.17, 15) is 0 Å². The Morgan fingerprint density at radius 3 is 2.44 bits per heavy atom. The van der Waals surface area contributed by atoms with Crippen LogP contribution >= 0.6 is 22.6 Å². The molecular formula is C22H21IN2. The lowest BCUT2D eigenvalue weighted by Gasteiger charge is -2.05. The van der Waals surface area contributed by atoms with Gasteiger partial charge in [0.25, 0.3) is 0 Å².